The van der Waals surface area contributed by atoms with Crippen LogP contribution in [0.1, 0.15) is 35.4 Å². The number of H-pyrrole nitrogens is 1. The number of hydrogen-bond donors (Lipinski definition) is 2. The van der Waals surface area contributed by atoms with Crippen molar-refractivity contribution >= 4 is 5.91 Å². The summed E-state index contributed by atoms with van der Waals surface area (Å²) in [4.78, 5) is 12.7. The van der Waals surface area contributed by atoms with Crippen LogP contribution >= 0.6 is 0 Å². The number of hydrogen-bond acceptors (Lipinski definition) is 4. The van der Waals surface area contributed by atoms with Crippen molar-refractivity contribution in [2.75, 3.05) is 13.2 Å². The Morgan fingerprint density at radius 3 is 3.00 bits per heavy atom. The lowest BCUT2D eigenvalue weighted by Crippen LogP contribution is -2.41. The van der Waals surface area contributed by atoms with Crippen LogP contribution in [-0.2, 0) is 20.7 Å². The van der Waals surface area contributed by atoms with Crippen molar-refractivity contribution in [3.8, 4) is 0 Å². The Morgan fingerprint density at radius 1 is 1.22 bits per heavy atom. The van der Waals surface area contributed by atoms with Gasteiger partial charge in [0.1, 0.15) is 6.10 Å². The van der Waals surface area contributed by atoms with Crippen molar-refractivity contribution in [3.63, 3.8) is 0 Å². The normalized spacial score (nSPS) is 26.7. The lowest BCUT2D eigenvalue weighted by molar-refractivity contribution is -0.135. The summed E-state index contributed by atoms with van der Waals surface area (Å²) in [5.41, 5.74) is 3.04. The van der Waals surface area contributed by atoms with Gasteiger partial charge in [0, 0.05) is 12.8 Å². The Hall–Kier alpha value is -2.18. The third-order valence-corrected chi connectivity index (χ3v) is 4.48. The third-order valence-electron chi connectivity index (χ3n) is 4.48. The molecule has 23 heavy (non-hydrogen) atoms. The van der Waals surface area contributed by atoms with E-state index in [1.54, 1.807) is 6.20 Å². The van der Waals surface area contributed by atoms with E-state index in [1.165, 1.54) is 5.56 Å². The minimum absolute atomic E-state index is 0.0689. The van der Waals surface area contributed by atoms with Crippen molar-refractivity contribution in [1.29, 1.82) is 0 Å². The maximum atomic E-state index is 12.7. The molecule has 2 aromatic rings. The molecule has 0 spiro atoms. The van der Waals surface area contributed by atoms with Gasteiger partial charge in [-0.3, -0.25) is 9.89 Å². The zero-order valence-corrected chi connectivity index (χ0v) is 12.7. The number of ether oxygens (including phenoxy) is 2. The first-order valence-electron chi connectivity index (χ1n) is 7.93. The van der Waals surface area contributed by atoms with E-state index >= 15 is 0 Å². The van der Waals surface area contributed by atoms with Crippen LogP contribution in [0.2, 0.25) is 0 Å². The standard InChI is InChI=1S/C17H19N3O3/c21-17(15-12-4-2-1-3-11(12)6-9-22-15)19-13-7-10-23-16(13)14-5-8-18-20-14/h1-5,8,13,15-16H,6-7,9-10H2,(H,18,20)(H,19,21)/t13-,15?,16-/m1/s1. The van der Waals surface area contributed by atoms with Gasteiger partial charge in [-0.15, -0.1) is 0 Å². The molecule has 4 rings (SSSR count). The molecule has 120 valence electrons. The van der Waals surface area contributed by atoms with Crippen molar-refractivity contribution < 1.29 is 14.3 Å². The molecule has 3 atom stereocenters. The first kappa shape index (κ1) is 14.4. The number of fused-ring (bicyclic) bond motifs is 1. The summed E-state index contributed by atoms with van der Waals surface area (Å²) in [6.45, 7) is 1.19. The molecule has 1 aromatic carbocycles. The van der Waals surface area contributed by atoms with Gasteiger partial charge in [-0.25, -0.2) is 0 Å². The van der Waals surface area contributed by atoms with Crippen LogP contribution in [0.3, 0.4) is 0 Å². The Labute approximate surface area is 134 Å². The van der Waals surface area contributed by atoms with Crippen molar-refractivity contribution in [2.24, 2.45) is 0 Å². The van der Waals surface area contributed by atoms with Crippen LogP contribution < -0.4 is 5.32 Å². The Bertz CT molecular complexity index is 686. The number of aromatic nitrogens is 2. The number of nitrogens with zero attached hydrogens (tertiary/aromatic N) is 1. The van der Waals surface area contributed by atoms with E-state index in [0.717, 1.165) is 24.1 Å². The predicted molar refractivity (Wildman–Crippen MR) is 82.7 cm³/mol. The van der Waals surface area contributed by atoms with Gasteiger partial charge in [0.25, 0.3) is 5.91 Å². The maximum absolute atomic E-state index is 12.7. The highest BCUT2D eigenvalue weighted by molar-refractivity contribution is 5.83. The Morgan fingerprint density at radius 2 is 2.13 bits per heavy atom. The number of rotatable bonds is 3. The zero-order valence-electron chi connectivity index (χ0n) is 12.7. The maximum Gasteiger partial charge on any atom is 0.254 e. The number of amides is 1. The molecule has 2 aliphatic heterocycles. The minimum atomic E-state index is -0.539. The molecule has 3 heterocycles. The highest BCUT2D eigenvalue weighted by Gasteiger charge is 2.35. The van der Waals surface area contributed by atoms with Crippen LogP contribution in [0.15, 0.2) is 36.5 Å². The molecular weight excluding hydrogens is 294 g/mol. The van der Waals surface area contributed by atoms with Gasteiger partial charge >= 0.3 is 0 Å². The molecule has 2 N–H and O–H groups in total. The van der Waals surface area contributed by atoms with E-state index in [4.69, 9.17) is 9.47 Å². The Kier molecular flexibility index (Phi) is 3.85. The van der Waals surface area contributed by atoms with E-state index in [1.807, 2.05) is 24.3 Å². The van der Waals surface area contributed by atoms with Gasteiger partial charge in [-0.1, -0.05) is 24.3 Å². The van der Waals surface area contributed by atoms with Crippen molar-refractivity contribution in [1.82, 2.24) is 15.5 Å². The second-order valence-electron chi connectivity index (χ2n) is 5.91. The van der Waals surface area contributed by atoms with Gasteiger partial charge in [0.05, 0.1) is 18.3 Å². The number of nitrogens with one attached hydrogen (secondary N) is 2. The molecule has 0 saturated carbocycles. The zero-order chi connectivity index (χ0) is 15.6. The van der Waals surface area contributed by atoms with Gasteiger partial charge in [0.2, 0.25) is 0 Å². The number of aromatic amines is 1. The summed E-state index contributed by atoms with van der Waals surface area (Å²) >= 11 is 0. The van der Waals surface area contributed by atoms with Gasteiger partial charge in [-0.05, 0) is 30.0 Å². The molecule has 1 fully saturated rings. The second kappa shape index (κ2) is 6.14. The summed E-state index contributed by atoms with van der Waals surface area (Å²) in [6.07, 6.45) is 2.60. The molecular formula is C17H19N3O3. The van der Waals surface area contributed by atoms with Crippen LogP contribution in [0.25, 0.3) is 0 Å². The van der Waals surface area contributed by atoms with Gasteiger partial charge in [0.15, 0.2) is 6.10 Å². The predicted octanol–water partition coefficient (Wildman–Crippen LogP) is 1.67. The lowest BCUT2D eigenvalue weighted by Gasteiger charge is -2.27. The summed E-state index contributed by atoms with van der Waals surface area (Å²) in [6, 6.07) is 9.78. The molecule has 0 radical (unpaired) electrons. The molecule has 0 bridgehead atoms. The minimum Gasteiger partial charge on any atom is -0.370 e. The van der Waals surface area contributed by atoms with E-state index in [-0.39, 0.29) is 18.1 Å². The molecule has 6 nitrogen and oxygen atoms in total. The van der Waals surface area contributed by atoms with Gasteiger partial charge < -0.3 is 14.8 Å². The molecule has 6 heteroatoms. The monoisotopic (exact) mass is 313 g/mol. The Balaban J connectivity index is 1.50. The van der Waals surface area contributed by atoms with E-state index < -0.39 is 6.10 Å². The molecule has 1 aromatic heterocycles. The third kappa shape index (κ3) is 2.75. The molecule has 1 amide bonds. The second-order valence-corrected chi connectivity index (χ2v) is 5.91. The summed E-state index contributed by atoms with van der Waals surface area (Å²) in [5, 5.41) is 9.97. The molecule has 1 unspecified atom stereocenters. The summed E-state index contributed by atoms with van der Waals surface area (Å²) in [7, 11) is 0. The summed E-state index contributed by atoms with van der Waals surface area (Å²) in [5.74, 6) is -0.0998. The van der Waals surface area contributed by atoms with E-state index in [9.17, 15) is 4.79 Å². The quantitative estimate of drug-likeness (QED) is 0.904. The fourth-order valence-electron chi connectivity index (χ4n) is 3.34. The van der Waals surface area contributed by atoms with Crippen LogP contribution in [0.4, 0.5) is 0 Å². The fraction of sp³-hybridized carbons (Fsp3) is 0.412. The topological polar surface area (TPSA) is 76.2 Å². The lowest BCUT2D eigenvalue weighted by atomic mass is 9.96. The number of benzene rings is 1. The van der Waals surface area contributed by atoms with Crippen LogP contribution in [-0.4, -0.2) is 35.4 Å². The first-order valence-corrected chi connectivity index (χ1v) is 7.93. The average Bonchev–Trinajstić information content (AvgIpc) is 3.25. The van der Waals surface area contributed by atoms with Crippen molar-refractivity contribution in [3.05, 3.63) is 53.3 Å². The highest BCUT2D eigenvalue weighted by Crippen LogP contribution is 2.30. The first-order chi connectivity index (χ1) is 11.3. The smallest absolute Gasteiger partial charge is 0.254 e. The number of carbonyl (C=O) groups excluding carboxylic acids is 1. The van der Waals surface area contributed by atoms with E-state index in [2.05, 4.69) is 21.6 Å². The largest absolute Gasteiger partial charge is 0.370 e. The average molecular weight is 313 g/mol. The van der Waals surface area contributed by atoms with Crippen LogP contribution in [0, 0.1) is 0 Å². The van der Waals surface area contributed by atoms with Crippen molar-refractivity contribution in [2.45, 2.75) is 31.1 Å². The van der Waals surface area contributed by atoms with Crippen LogP contribution in [0.5, 0.6) is 0 Å². The molecule has 2 aliphatic rings. The van der Waals surface area contributed by atoms with Gasteiger partial charge in [-0.2, -0.15) is 5.10 Å². The fourth-order valence-corrected chi connectivity index (χ4v) is 3.34. The van der Waals surface area contributed by atoms with E-state index in [0.29, 0.717) is 13.2 Å². The molecule has 1 saturated heterocycles. The SMILES string of the molecule is O=C(N[C@@H]1CCO[C@H]1c1ccn[nH]1)C1OCCc2ccccc21. The number of carbonyl (C=O) groups is 1. The summed E-state index contributed by atoms with van der Waals surface area (Å²) < 4.78 is 11.5. The highest BCUT2D eigenvalue weighted by atomic mass is 16.5. The molecule has 0 aliphatic carbocycles.